The van der Waals surface area contributed by atoms with E-state index in [9.17, 15) is 19.7 Å². The van der Waals surface area contributed by atoms with E-state index >= 15 is 0 Å². The van der Waals surface area contributed by atoms with Crippen LogP contribution in [-0.4, -0.2) is 40.5 Å². The van der Waals surface area contributed by atoms with Crippen LogP contribution in [0.4, 0.5) is 5.69 Å². The molecule has 2 aromatic carbocycles. The molecule has 0 aromatic heterocycles. The Morgan fingerprint density at radius 2 is 1.77 bits per heavy atom. The number of nitrogens with zero attached hydrogens (tertiary/aromatic N) is 2. The molecule has 160 valence electrons. The topological polar surface area (TPSA) is 99.0 Å². The van der Waals surface area contributed by atoms with Crippen LogP contribution in [0.3, 0.4) is 0 Å². The number of benzene rings is 2. The second kappa shape index (κ2) is 9.39. The first-order valence-electron chi connectivity index (χ1n) is 9.43. The Morgan fingerprint density at radius 1 is 1.13 bits per heavy atom. The van der Waals surface area contributed by atoms with Gasteiger partial charge >= 0.3 is 5.97 Å². The van der Waals surface area contributed by atoms with E-state index in [2.05, 4.69) is 0 Å². The van der Waals surface area contributed by atoms with Crippen LogP contribution in [0.15, 0.2) is 48.5 Å². The van der Waals surface area contributed by atoms with Gasteiger partial charge in [-0.1, -0.05) is 30.3 Å². The molecule has 2 aromatic rings. The molecule has 1 amide bonds. The fourth-order valence-electron chi connectivity index (χ4n) is 2.87. The summed E-state index contributed by atoms with van der Waals surface area (Å²) in [5, 5.41) is 11.0. The van der Waals surface area contributed by atoms with E-state index in [-0.39, 0.29) is 22.9 Å². The van der Waals surface area contributed by atoms with Crippen molar-refractivity contribution in [3.63, 3.8) is 0 Å². The van der Waals surface area contributed by atoms with E-state index in [0.29, 0.717) is 6.54 Å². The van der Waals surface area contributed by atoms with Crippen molar-refractivity contribution >= 4 is 17.6 Å². The zero-order valence-electron chi connectivity index (χ0n) is 17.7. The van der Waals surface area contributed by atoms with E-state index in [1.54, 1.807) is 4.90 Å². The molecule has 0 saturated heterocycles. The molecule has 0 heterocycles. The Bertz CT molecular complexity index is 921. The summed E-state index contributed by atoms with van der Waals surface area (Å²) in [5.74, 6) is -1.11. The SMILES string of the molecule is COc1ccc([N+](=O)[O-])cc1C(=O)O[C@H](C)C(=O)N(Cc1ccccc1)C(C)(C)C. The molecule has 0 bridgehead atoms. The van der Waals surface area contributed by atoms with Crippen molar-refractivity contribution in [2.75, 3.05) is 7.11 Å². The monoisotopic (exact) mass is 414 g/mol. The minimum atomic E-state index is -1.09. The van der Waals surface area contributed by atoms with Gasteiger partial charge in [-0.3, -0.25) is 14.9 Å². The standard InChI is InChI=1S/C22H26N2O6/c1-15(20(25)23(22(2,3)4)14-16-9-7-6-8-10-16)30-21(26)18-13-17(24(27)28)11-12-19(18)29-5/h6-13,15H,14H2,1-5H3/t15-/m1/s1. The van der Waals surface area contributed by atoms with Gasteiger partial charge in [-0.2, -0.15) is 0 Å². The lowest BCUT2D eigenvalue weighted by Crippen LogP contribution is -2.49. The van der Waals surface area contributed by atoms with Gasteiger partial charge in [0, 0.05) is 24.2 Å². The number of amides is 1. The average Bonchev–Trinajstić information content (AvgIpc) is 2.70. The quantitative estimate of drug-likeness (QED) is 0.386. The normalized spacial score (nSPS) is 12.0. The van der Waals surface area contributed by atoms with Crippen LogP contribution in [-0.2, 0) is 16.1 Å². The summed E-state index contributed by atoms with van der Waals surface area (Å²) in [6.07, 6.45) is -1.09. The van der Waals surface area contributed by atoms with E-state index in [1.807, 2.05) is 51.1 Å². The molecule has 8 nitrogen and oxygen atoms in total. The number of esters is 1. The van der Waals surface area contributed by atoms with Crippen LogP contribution in [0.2, 0.25) is 0 Å². The van der Waals surface area contributed by atoms with Gasteiger partial charge in [-0.25, -0.2) is 4.79 Å². The zero-order chi connectivity index (χ0) is 22.5. The largest absolute Gasteiger partial charge is 0.496 e. The van der Waals surface area contributed by atoms with Crippen LogP contribution in [0, 0.1) is 10.1 Å². The van der Waals surface area contributed by atoms with Crippen molar-refractivity contribution in [2.24, 2.45) is 0 Å². The minimum Gasteiger partial charge on any atom is -0.496 e. The molecule has 30 heavy (non-hydrogen) atoms. The van der Waals surface area contributed by atoms with Crippen molar-refractivity contribution < 1.29 is 24.0 Å². The Kier molecular flexibility index (Phi) is 7.15. The fraction of sp³-hybridized carbons (Fsp3) is 0.364. The molecule has 0 radical (unpaired) electrons. The van der Waals surface area contributed by atoms with E-state index in [1.165, 1.54) is 26.2 Å². The third-order valence-electron chi connectivity index (χ3n) is 4.50. The van der Waals surface area contributed by atoms with Crippen molar-refractivity contribution in [2.45, 2.75) is 45.9 Å². The summed E-state index contributed by atoms with van der Waals surface area (Å²) in [5.41, 5.74) is 0.0371. The molecule has 1 atom stereocenters. The average molecular weight is 414 g/mol. The Hall–Kier alpha value is -3.42. The van der Waals surface area contributed by atoms with Crippen LogP contribution >= 0.6 is 0 Å². The molecule has 0 aliphatic heterocycles. The lowest BCUT2D eigenvalue weighted by Gasteiger charge is -2.37. The molecule has 0 aliphatic carbocycles. The number of ether oxygens (including phenoxy) is 2. The maximum absolute atomic E-state index is 13.1. The number of hydrogen-bond acceptors (Lipinski definition) is 6. The van der Waals surface area contributed by atoms with Gasteiger partial charge in [0.2, 0.25) is 0 Å². The van der Waals surface area contributed by atoms with Crippen LogP contribution in [0.5, 0.6) is 5.75 Å². The molecule has 0 spiro atoms. The van der Waals surface area contributed by atoms with Crippen molar-refractivity contribution in [1.29, 1.82) is 0 Å². The number of non-ortho nitro benzene ring substituents is 1. The Balaban J connectivity index is 2.23. The van der Waals surface area contributed by atoms with Gasteiger partial charge in [0.25, 0.3) is 11.6 Å². The predicted molar refractivity (Wildman–Crippen MR) is 111 cm³/mol. The van der Waals surface area contributed by atoms with Gasteiger partial charge in [-0.15, -0.1) is 0 Å². The summed E-state index contributed by atoms with van der Waals surface area (Å²) in [6.45, 7) is 7.52. The molecule has 0 saturated carbocycles. The van der Waals surface area contributed by atoms with E-state index < -0.39 is 22.5 Å². The predicted octanol–water partition coefficient (Wildman–Crippen LogP) is 3.98. The summed E-state index contributed by atoms with van der Waals surface area (Å²) in [4.78, 5) is 37.8. The summed E-state index contributed by atoms with van der Waals surface area (Å²) < 4.78 is 10.5. The Morgan fingerprint density at radius 3 is 2.30 bits per heavy atom. The maximum Gasteiger partial charge on any atom is 0.342 e. The highest BCUT2D eigenvalue weighted by Crippen LogP contribution is 2.26. The van der Waals surface area contributed by atoms with E-state index in [4.69, 9.17) is 9.47 Å². The second-order valence-electron chi connectivity index (χ2n) is 7.77. The fourth-order valence-corrected chi connectivity index (χ4v) is 2.87. The summed E-state index contributed by atoms with van der Waals surface area (Å²) >= 11 is 0. The number of hydrogen-bond donors (Lipinski definition) is 0. The van der Waals surface area contributed by atoms with Gasteiger partial charge in [0.05, 0.1) is 12.0 Å². The first-order chi connectivity index (χ1) is 14.0. The van der Waals surface area contributed by atoms with Crippen molar-refractivity contribution in [1.82, 2.24) is 4.90 Å². The second-order valence-corrected chi connectivity index (χ2v) is 7.77. The molecule has 8 heteroatoms. The van der Waals surface area contributed by atoms with Gasteiger partial charge in [-0.05, 0) is 39.3 Å². The molecule has 0 unspecified atom stereocenters. The van der Waals surface area contributed by atoms with Crippen LogP contribution < -0.4 is 4.74 Å². The number of methoxy groups -OCH3 is 1. The Labute approximate surface area is 175 Å². The van der Waals surface area contributed by atoms with Crippen LogP contribution in [0.25, 0.3) is 0 Å². The van der Waals surface area contributed by atoms with E-state index in [0.717, 1.165) is 11.6 Å². The highest BCUT2D eigenvalue weighted by atomic mass is 16.6. The number of rotatable bonds is 7. The molecule has 2 rings (SSSR count). The molecule has 0 aliphatic rings. The summed E-state index contributed by atoms with van der Waals surface area (Å²) in [6, 6.07) is 13.1. The highest BCUT2D eigenvalue weighted by Gasteiger charge is 2.32. The lowest BCUT2D eigenvalue weighted by molar-refractivity contribution is -0.384. The van der Waals surface area contributed by atoms with Gasteiger partial charge in [0.1, 0.15) is 11.3 Å². The van der Waals surface area contributed by atoms with Gasteiger partial charge < -0.3 is 14.4 Å². The van der Waals surface area contributed by atoms with Gasteiger partial charge in [0.15, 0.2) is 6.10 Å². The first-order valence-corrected chi connectivity index (χ1v) is 9.43. The van der Waals surface area contributed by atoms with Crippen molar-refractivity contribution in [3.05, 3.63) is 69.8 Å². The number of nitro groups is 1. The smallest absolute Gasteiger partial charge is 0.342 e. The molecule has 0 N–H and O–H groups in total. The third kappa shape index (κ3) is 5.56. The minimum absolute atomic E-state index is 0.114. The molecular formula is C22H26N2O6. The number of carbonyl (C=O) groups excluding carboxylic acids is 2. The highest BCUT2D eigenvalue weighted by molar-refractivity contribution is 5.95. The van der Waals surface area contributed by atoms with Crippen molar-refractivity contribution in [3.8, 4) is 5.75 Å². The molecule has 0 fully saturated rings. The zero-order valence-corrected chi connectivity index (χ0v) is 17.7. The number of nitro benzene ring substituents is 1. The first kappa shape index (κ1) is 22.9. The maximum atomic E-state index is 13.1. The van der Waals surface area contributed by atoms with Crippen LogP contribution in [0.1, 0.15) is 43.6 Å². The lowest BCUT2D eigenvalue weighted by atomic mass is 10.0. The third-order valence-corrected chi connectivity index (χ3v) is 4.50. The summed E-state index contributed by atoms with van der Waals surface area (Å²) in [7, 11) is 1.34. The number of carbonyl (C=O) groups is 2. The molecular weight excluding hydrogens is 388 g/mol.